The Morgan fingerprint density at radius 2 is 1.64 bits per heavy atom. The van der Waals surface area contributed by atoms with Gasteiger partial charge in [0.2, 0.25) is 5.75 Å². The number of hydrogen-bond donors (Lipinski definition) is 1. The number of nitrogens with zero attached hydrogens (tertiary/aromatic N) is 1. The number of aromatic nitrogens is 1. The van der Waals surface area contributed by atoms with E-state index >= 15 is 0 Å². The minimum absolute atomic E-state index is 0.240. The smallest absolute Gasteiger partial charge is 0.254 e. The van der Waals surface area contributed by atoms with Crippen molar-refractivity contribution in [1.82, 2.24) is 10.3 Å². The van der Waals surface area contributed by atoms with Crippen molar-refractivity contribution in [2.24, 2.45) is 0 Å². The molecule has 0 radical (unpaired) electrons. The third-order valence-electron chi connectivity index (χ3n) is 3.52. The van der Waals surface area contributed by atoms with Gasteiger partial charge in [-0.25, -0.2) is 4.98 Å². The van der Waals surface area contributed by atoms with E-state index in [1.165, 1.54) is 21.3 Å². The number of halogens is 2. The van der Waals surface area contributed by atoms with E-state index in [4.69, 9.17) is 14.2 Å². The maximum absolute atomic E-state index is 12.9. The first-order valence-corrected chi connectivity index (χ1v) is 9.72. The maximum atomic E-state index is 12.9. The standard InChI is InChI=1S/C16H18Br2N2O4S/c1-7(9-6-25-8(2)20-9)19-16(21)10-11(17)13(22-3)15(24-5)14(23-4)12(10)18/h6-7H,1-5H3,(H,19,21). The van der Waals surface area contributed by atoms with Gasteiger partial charge in [0.25, 0.3) is 5.91 Å². The van der Waals surface area contributed by atoms with Crippen molar-refractivity contribution in [2.75, 3.05) is 21.3 Å². The highest BCUT2D eigenvalue weighted by molar-refractivity contribution is 9.11. The summed E-state index contributed by atoms with van der Waals surface area (Å²) >= 11 is 8.41. The fourth-order valence-corrected chi connectivity index (χ4v) is 4.71. The molecule has 1 aromatic carbocycles. The fourth-order valence-electron chi connectivity index (χ4n) is 2.30. The van der Waals surface area contributed by atoms with Crippen LogP contribution in [0.3, 0.4) is 0 Å². The van der Waals surface area contributed by atoms with E-state index in [-0.39, 0.29) is 11.9 Å². The Morgan fingerprint density at radius 3 is 2.04 bits per heavy atom. The Kier molecular flexibility index (Phi) is 6.70. The molecule has 1 heterocycles. The predicted octanol–water partition coefficient (Wildman–Crippen LogP) is 4.49. The van der Waals surface area contributed by atoms with E-state index in [0.29, 0.717) is 31.8 Å². The molecule has 2 rings (SSSR count). The van der Waals surface area contributed by atoms with Gasteiger partial charge in [0.15, 0.2) is 11.5 Å². The molecule has 0 saturated heterocycles. The average molecular weight is 494 g/mol. The number of rotatable bonds is 6. The third-order valence-corrected chi connectivity index (χ3v) is 5.82. The first-order chi connectivity index (χ1) is 11.8. The number of ether oxygens (including phenoxy) is 3. The molecular formula is C16H18Br2N2O4S. The van der Waals surface area contributed by atoms with Gasteiger partial charge in [-0.05, 0) is 45.7 Å². The number of hydrogen-bond acceptors (Lipinski definition) is 6. The zero-order valence-electron chi connectivity index (χ0n) is 14.4. The van der Waals surface area contributed by atoms with Crippen LogP contribution in [0.25, 0.3) is 0 Å². The van der Waals surface area contributed by atoms with Gasteiger partial charge in [0.1, 0.15) is 0 Å². The lowest BCUT2D eigenvalue weighted by atomic mass is 10.1. The number of amides is 1. The summed E-state index contributed by atoms with van der Waals surface area (Å²) in [5.41, 5.74) is 1.17. The van der Waals surface area contributed by atoms with Crippen LogP contribution >= 0.6 is 43.2 Å². The lowest BCUT2D eigenvalue weighted by Gasteiger charge is -2.20. The molecule has 2 aromatic rings. The molecule has 0 saturated carbocycles. The molecule has 136 valence electrons. The van der Waals surface area contributed by atoms with Gasteiger partial charge in [-0.3, -0.25) is 4.79 Å². The van der Waals surface area contributed by atoms with E-state index in [0.717, 1.165) is 10.7 Å². The van der Waals surface area contributed by atoms with Crippen molar-refractivity contribution in [3.8, 4) is 17.2 Å². The molecule has 9 heteroatoms. The van der Waals surface area contributed by atoms with Gasteiger partial charge < -0.3 is 19.5 Å². The lowest BCUT2D eigenvalue weighted by molar-refractivity contribution is 0.0936. The first kappa shape index (κ1) is 20.0. The van der Waals surface area contributed by atoms with Crippen LogP contribution in [0.15, 0.2) is 14.3 Å². The fraction of sp³-hybridized carbons (Fsp3) is 0.375. The Balaban J connectivity index is 2.45. The van der Waals surface area contributed by atoms with Crippen LogP contribution in [0.2, 0.25) is 0 Å². The Bertz CT molecular complexity index is 764. The molecule has 25 heavy (non-hydrogen) atoms. The summed E-state index contributed by atoms with van der Waals surface area (Å²) in [6.45, 7) is 3.81. The van der Waals surface area contributed by atoms with Gasteiger partial charge in [0.05, 0.1) is 52.6 Å². The second-order valence-corrected chi connectivity index (χ2v) is 7.74. The molecular weight excluding hydrogens is 476 g/mol. The number of carbonyl (C=O) groups is 1. The molecule has 1 atom stereocenters. The van der Waals surface area contributed by atoms with Crippen molar-refractivity contribution in [2.45, 2.75) is 19.9 Å². The Hall–Kier alpha value is -1.32. The predicted molar refractivity (Wildman–Crippen MR) is 104 cm³/mol. The second-order valence-electron chi connectivity index (χ2n) is 5.09. The number of aryl methyl sites for hydroxylation is 1. The van der Waals surface area contributed by atoms with Crippen LogP contribution in [0.5, 0.6) is 17.2 Å². The SMILES string of the molecule is COc1c(Br)c(C(=O)NC(C)c2csc(C)n2)c(Br)c(OC)c1OC. The number of nitrogens with one attached hydrogen (secondary N) is 1. The van der Waals surface area contributed by atoms with Crippen molar-refractivity contribution >= 4 is 49.1 Å². The van der Waals surface area contributed by atoms with Gasteiger partial charge in [0, 0.05) is 5.38 Å². The highest BCUT2D eigenvalue weighted by Gasteiger charge is 2.28. The summed E-state index contributed by atoms with van der Waals surface area (Å²) in [5, 5.41) is 5.82. The van der Waals surface area contributed by atoms with E-state index in [1.54, 1.807) is 11.3 Å². The summed E-state index contributed by atoms with van der Waals surface area (Å²) in [5.74, 6) is 0.856. The van der Waals surface area contributed by atoms with Crippen molar-refractivity contribution in [3.63, 3.8) is 0 Å². The molecule has 1 unspecified atom stereocenters. The minimum atomic E-state index is -0.295. The molecule has 6 nitrogen and oxygen atoms in total. The molecule has 0 bridgehead atoms. The molecule has 0 spiro atoms. The van der Waals surface area contributed by atoms with Crippen molar-refractivity contribution in [3.05, 3.63) is 30.6 Å². The number of methoxy groups -OCH3 is 3. The summed E-state index contributed by atoms with van der Waals surface area (Å²) in [6, 6.07) is -0.240. The zero-order chi connectivity index (χ0) is 18.7. The largest absolute Gasteiger partial charge is 0.492 e. The number of thiazole rings is 1. The van der Waals surface area contributed by atoms with Gasteiger partial charge in [-0.2, -0.15) is 0 Å². The summed E-state index contributed by atoms with van der Waals surface area (Å²) in [6.07, 6.45) is 0. The van der Waals surface area contributed by atoms with Gasteiger partial charge in [-0.1, -0.05) is 0 Å². The van der Waals surface area contributed by atoms with Crippen molar-refractivity contribution < 1.29 is 19.0 Å². The van der Waals surface area contributed by atoms with E-state index < -0.39 is 0 Å². The molecule has 1 aromatic heterocycles. The maximum Gasteiger partial charge on any atom is 0.254 e. The van der Waals surface area contributed by atoms with Crippen LogP contribution in [-0.4, -0.2) is 32.2 Å². The van der Waals surface area contributed by atoms with Crippen LogP contribution in [0.1, 0.15) is 34.0 Å². The van der Waals surface area contributed by atoms with E-state index in [9.17, 15) is 4.79 Å². The zero-order valence-corrected chi connectivity index (χ0v) is 18.4. The molecule has 0 fully saturated rings. The van der Waals surface area contributed by atoms with Crippen LogP contribution in [0, 0.1) is 6.92 Å². The number of carbonyl (C=O) groups excluding carboxylic acids is 1. The van der Waals surface area contributed by atoms with E-state index in [2.05, 4.69) is 42.2 Å². The third kappa shape index (κ3) is 3.93. The summed E-state index contributed by atoms with van der Waals surface area (Å²) in [7, 11) is 4.50. The second kappa shape index (κ2) is 8.37. The van der Waals surface area contributed by atoms with Crippen LogP contribution in [-0.2, 0) is 0 Å². The number of benzene rings is 1. The quantitative estimate of drug-likeness (QED) is 0.641. The molecule has 0 aliphatic carbocycles. The van der Waals surface area contributed by atoms with Crippen molar-refractivity contribution in [1.29, 1.82) is 0 Å². The van der Waals surface area contributed by atoms with Crippen LogP contribution in [0.4, 0.5) is 0 Å². The highest BCUT2D eigenvalue weighted by Crippen LogP contribution is 2.50. The topological polar surface area (TPSA) is 69.7 Å². The Labute approximate surface area is 167 Å². The normalized spacial score (nSPS) is 11.8. The minimum Gasteiger partial charge on any atom is -0.492 e. The lowest BCUT2D eigenvalue weighted by Crippen LogP contribution is -2.27. The first-order valence-electron chi connectivity index (χ1n) is 7.25. The molecule has 1 N–H and O–H groups in total. The monoisotopic (exact) mass is 492 g/mol. The van der Waals surface area contributed by atoms with Crippen LogP contribution < -0.4 is 19.5 Å². The summed E-state index contributed by atoms with van der Waals surface area (Å²) < 4.78 is 17.1. The molecule has 1 amide bonds. The molecule has 0 aliphatic rings. The Morgan fingerprint density at radius 1 is 1.12 bits per heavy atom. The van der Waals surface area contributed by atoms with E-state index in [1.807, 2.05) is 19.2 Å². The van der Waals surface area contributed by atoms with Gasteiger partial charge in [-0.15, -0.1) is 11.3 Å². The average Bonchev–Trinajstić information content (AvgIpc) is 3.00. The summed E-state index contributed by atoms with van der Waals surface area (Å²) in [4.78, 5) is 17.3. The highest BCUT2D eigenvalue weighted by atomic mass is 79.9. The molecule has 0 aliphatic heterocycles. The van der Waals surface area contributed by atoms with Gasteiger partial charge >= 0.3 is 0 Å².